The Hall–Kier alpha value is 0.254. The molecule has 0 aliphatic heterocycles. The molecule has 0 unspecified atom stereocenters. The summed E-state index contributed by atoms with van der Waals surface area (Å²) < 4.78 is 0. The van der Waals surface area contributed by atoms with Crippen LogP contribution >= 0.6 is 0 Å². The zero-order valence-corrected chi connectivity index (χ0v) is 16.7. The van der Waals surface area contributed by atoms with Crippen LogP contribution in [0.4, 0.5) is 0 Å². The van der Waals surface area contributed by atoms with E-state index in [0.717, 1.165) is 12.8 Å². The molecule has 0 aromatic carbocycles. The molecular formula is C18H26Cl2Ti. The van der Waals surface area contributed by atoms with Crippen LogP contribution in [0.1, 0.15) is 66.2 Å². The summed E-state index contributed by atoms with van der Waals surface area (Å²) in [4.78, 5) is 0. The molecule has 0 aromatic rings. The molecule has 0 radical (unpaired) electrons. The first kappa shape index (κ1) is 26.2. The van der Waals surface area contributed by atoms with Gasteiger partial charge >= 0.3 is 21.7 Å². The fourth-order valence-corrected chi connectivity index (χ4v) is 2.16. The van der Waals surface area contributed by atoms with Crippen molar-refractivity contribution < 1.29 is 46.5 Å². The second-order valence-corrected chi connectivity index (χ2v) is 5.24. The molecule has 2 aliphatic carbocycles. The zero-order chi connectivity index (χ0) is 13.4. The first-order valence-electron chi connectivity index (χ1n) is 7.19. The molecule has 0 bridgehead atoms. The Morgan fingerprint density at radius 3 is 1.33 bits per heavy atom. The molecule has 3 heteroatoms. The normalized spacial score (nSPS) is 15.0. The summed E-state index contributed by atoms with van der Waals surface area (Å²) in [7, 11) is 0. The van der Waals surface area contributed by atoms with Crippen molar-refractivity contribution in [3.05, 3.63) is 46.6 Å². The SMILES string of the molecule is CCCC1=[C-]CC(C)=C1.CCCC1=[C-]CC(C)=C1.[Cl-].[Cl-].[Ti+4]. The van der Waals surface area contributed by atoms with Crippen molar-refractivity contribution >= 4 is 0 Å². The Labute approximate surface area is 158 Å². The van der Waals surface area contributed by atoms with E-state index in [4.69, 9.17) is 0 Å². The summed E-state index contributed by atoms with van der Waals surface area (Å²) in [6.07, 6.45) is 18.2. The molecule has 116 valence electrons. The van der Waals surface area contributed by atoms with Gasteiger partial charge in [0.05, 0.1) is 0 Å². The second kappa shape index (κ2) is 15.2. The van der Waals surface area contributed by atoms with E-state index < -0.39 is 0 Å². The van der Waals surface area contributed by atoms with Gasteiger partial charge in [-0.15, -0.1) is 12.8 Å². The van der Waals surface area contributed by atoms with E-state index in [1.807, 2.05) is 0 Å². The van der Waals surface area contributed by atoms with E-state index in [-0.39, 0.29) is 46.5 Å². The maximum absolute atomic E-state index is 3.33. The van der Waals surface area contributed by atoms with Gasteiger partial charge in [-0.3, -0.25) is 12.2 Å². The van der Waals surface area contributed by atoms with Crippen LogP contribution in [0, 0.1) is 12.2 Å². The molecule has 0 N–H and O–H groups in total. The largest absolute Gasteiger partial charge is 4.00 e. The molecule has 2 aliphatic rings. The van der Waals surface area contributed by atoms with Crippen molar-refractivity contribution in [1.29, 1.82) is 0 Å². The summed E-state index contributed by atoms with van der Waals surface area (Å²) in [6, 6.07) is 0. The van der Waals surface area contributed by atoms with Gasteiger partial charge in [-0.05, 0) is 0 Å². The van der Waals surface area contributed by atoms with Crippen LogP contribution in [0.5, 0.6) is 0 Å². The van der Waals surface area contributed by atoms with E-state index in [9.17, 15) is 0 Å². The maximum atomic E-state index is 3.33. The molecule has 0 heterocycles. The zero-order valence-electron chi connectivity index (χ0n) is 13.7. The number of hydrogen-bond donors (Lipinski definition) is 0. The van der Waals surface area contributed by atoms with Crippen LogP contribution in [0.15, 0.2) is 34.4 Å². The Morgan fingerprint density at radius 2 is 1.14 bits per heavy atom. The number of hydrogen-bond acceptors (Lipinski definition) is 0. The third-order valence-electron chi connectivity index (χ3n) is 3.07. The van der Waals surface area contributed by atoms with Crippen LogP contribution in [0.2, 0.25) is 0 Å². The second-order valence-electron chi connectivity index (χ2n) is 5.24. The Balaban J connectivity index is -0.000000270. The van der Waals surface area contributed by atoms with Crippen molar-refractivity contribution in [3.63, 3.8) is 0 Å². The van der Waals surface area contributed by atoms with E-state index in [2.05, 4.69) is 52.0 Å². The average molecular weight is 361 g/mol. The fraction of sp³-hybridized carbons (Fsp3) is 0.556. The quantitative estimate of drug-likeness (QED) is 0.478. The van der Waals surface area contributed by atoms with Gasteiger partial charge in [-0.1, -0.05) is 53.4 Å². The minimum atomic E-state index is 0. The van der Waals surface area contributed by atoms with Crippen LogP contribution in [-0.4, -0.2) is 0 Å². The Morgan fingerprint density at radius 1 is 0.810 bits per heavy atom. The molecule has 0 amide bonds. The number of halogens is 2. The third-order valence-corrected chi connectivity index (χ3v) is 3.07. The van der Waals surface area contributed by atoms with Gasteiger partial charge in [0.25, 0.3) is 0 Å². The van der Waals surface area contributed by atoms with Gasteiger partial charge in [0.2, 0.25) is 0 Å². The van der Waals surface area contributed by atoms with Crippen LogP contribution in [0.25, 0.3) is 0 Å². The van der Waals surface area contributed by atoms with Crippen molar-refractivity contribution in [3.8, 4) is 0 Å². The Bertz CT molecular complexity index is 352. The van der Waals surface area contributed by atoms with Gasteiger partial charge in [0.15, 0.2) is 0 Å². The summed E-state index contributed by atoms with van der Waals surface area (Å²) in [5, 5.41) is 0. The van der Waals surface area contributed by atoms with E-state index >= 15 is 0 Å². The van der Waals surface area contributed by atoms with Crippen molar-refractivity contribution in [2.45, 2.75) is 66.2 Å². The summed E-state index contributed by atoms with van der Waals surface area (Å²) in [6.45, 7) is 8.73. The van der Waals surface area contributed by atoms with Gasteiger partial charge in [0.1, 0.15) is 0 Å². The summed E-state index contributed by atoms with van der Waals surface area (Å²) in [5.41, 5.74) is 5.74. The Kier molecular flexibility index (Phi) is 18.9. The maximum Gasteiger partial charge on any atom is 4.00 e. The predicted molar refractivity (Wildman–Crippen MR) is 80.1 cm³/mol. The van der Waals surface area contributed by atoms with Gasteiger partial charge in [0, 0.05) is 0 Å². The van der Waals surface area contributed by atoms with Gasteiger partial charge < -0.3 is 24.8 Å². The van der Waals surface area contributed by atoms with E-state index in [1.54, 1.807) is 0 Å². The first-order chi connectivity index (χ1) is 8.65. The molecule has 0 saturated heterocycles. The molecule has 0 atom stereocenters. The molecule has 21 heavy (non-hydrogen) atoms. The minimum Gasteiger partial charge on any atom is -1.00 e. The number of rotatable bonds is 4. The van der Waals surface area contributed by atoms with Crippen LogP contribution < -0.4 is 24.8 Å². The minimum absolute atomic E-state index is 0. The van der Waals surface area contributed by atoms with Crippen molar-refractivity contribution in [2.24, 2.45) is 0 Å². The molecular weight excluding hydrogens is 335 g/mol. The van der Waals surface area contributed by atoms with E-state index in [1.165, 1.54) is 48.0 Å². The molecule has 2 rings (SSSR count). The van der Waals surface area contributed by atoms with Crippen LogP contribution in [0.3, 0.4) is 0 Å². The fourth-order valence-electron chi connectivity index (χ4n) is 2.16. The van der Waals surface area contributed by atoms with Crippen molar-refractivity contribution in [1.82, 2.24) is 0 Å². The molecule has 0 saturated carbocycles. The molecule has 0 spiro atoms. The monoisotopic (exact) mass is 360 g/mol. The number of allylic oxidation sites excluding steroid dienone is 8. The topological polar surface area (TPSA) is 0 Å². The average Bonchev–Trinajstić information content (AvgIpc) is 2.90. The van der Waals surface area contributed by atoms with Gasteiger partial charge in [-0.2, -0.15) is 11.1 Å². The smallest absolute Gasteiger partial charge is 1.00 e. The third kappa shape index (κ3) is 11.5. The predicted octanol–water partition coefficient (Wildman–Crippen LogP) is -0.262. The van der Waals surface area contributed by atoms with Crippen molar-refractivity contribution in [2.75, 3.05) is 0 Å². The molecule has 0 nitrogen and oxygen atoms in total. The molecule has 0 fully saturated rings. The van der Waals surface area contributed by atoms with E-state index in [0.29, 0.717) is 0 Å². The van der Waals surface area contributed by atoms with Crippen LogP contribution in [-0.2, 0) is 21.7 Å². The summed E-state index contributed by atoms with van der Waals surface area (Å²) in [5.74, 6) is 0. The standard InChI is InChI=1S/2C9H13.2ClH.Ti/c2*1-3-4-9-6-5-8(2)7-9;;;/h2*7H,3-5H2,1-2H3;2*1H;/q2*-1;;;+4/p-2. The first-order valence-corrected chi connectivity index (χ1v) is 7.19. The van der Waals surface area contributed by atoms with Gasteiger partial charge in [-0.25, -0.2) is 23.3 Å². The summed E-state index contributed by atoms with van der Waals surface area (Å²) >= 11 is 0. The molecule has 0 aromatic heterocycles.